The molecule has 0 aromatic heterocycles. The molecule has 104 valence electrons. The van der Waals surface area contributed by atoms with Crippen LogP contribution in [0, 0.1) is 0 Å². The Morgan fingerprint density at radius 1 is 0.684 bits per heavy atom. The van der Waals surface area contributed by atoms with Crippen LogP contribution < -0.4 is 0 Å². The maximum Gasteiger partial charge on any atom is -0.0606 e. The Bertz CT molecular complexity index is 410. The summed E-state index contributed by atoms with van der Waals surface area (Å²) in [6.07, 6.45) is 0. The average Bonchev–Trinajstić information content (AvgIpc) is 2.48. The predicted octanol–water partition coefficient (Wildman–Crippen LogP) is 6.34. The van der Waals surface area contributed by atoms with Gasteiger partial charge >= 0.3 is 49.9 Å². The normalized spacial score (nSPS) is 13.3. The number of rotatable bonds is 3. The predicted molar refractivity (Wildman–Crippen MR) is 95.0 cm³/mol. The van der Waals surface area contributed by atoms with Crippen LogP contribution in [0.3, 0.4) is 0 Å². The van der Waals surface area contributed by atoms with Gasteiger partial charge in [0.25, 0.3) is 0 Å². The van der Waals surface area contributed by atoms with Crippen LogP contribution >= 0.6 is 38.7 Å². The summed E-state index contributed by atoms with van der Waals surface area (Å²) >= 11 is 5.30. The number of benzene rings is 2. The summed E-state index contributed by atoms with van der Waals surface area (Å²) in [4.78, 5) is 0. The van der Waals surface area contributed by atoms with Crippen LogP contribution in [0.15, 0.2) is 60.7 Å². The molecule has 2 atom stereocenters. The van der Waals surface area contributed by atoms with Crippen LogP contribution in [0.1, 0.15) is 23.2 Å². The summed E-state index contributed by atoms with van der Waals surface area (Å²) in [5.41, 5.74) is 17.9. The first kappa shape index (κ1) is 17.6. The van der Waals surface area contributed by atoms with Crippen molar-refractivity contribution in [1.82, 2.24) is 0 Å². The monoisotopic (exact) mass is 659 g/mol. The van der Waals surface area contributed by atoms with Crippen molar-refractivity contribution < 1.29 is 11.2 Å². The summed E-state index contributed by atoms with van der Waals surface area (Å²) in [6, 6.07) is 18.1. The Morgan fingerprint density at radius 2 is 0.947 bits per heavy atom. The fraction of sp³-hybridized carbons (Fsp3) is 0.143. The second-order valence-electron chi connectivity index (χ2n) is 3.82. The smallest absolute Gasteiger partial charge is 0.0606 e. The van der Waals surface area contributed by atoms with Gasteiger partial charge in [0.05, 0.1) is 0 Å². The molecule has 2 unspecified atom stereocenters. The molecule has 0 radical (unpaired) electrons. The summed E-state index contributed by atoms with van der Waals surface area (Å²) in [5.74, 6) is 0. The average molecular weight is 659 g/mol. The van der Waals surface area contributed by atoms with Gasteiger partial charge in [0, 0.05) is 0 Å². The van der Waals surface area contributed by atoms with Crippen LogP contribution in [-0.4, -0.2) is 0 Å². The van der Waals surface area contributed by atoms with E-state index in [4.69, 9.17) is 11.5 Å². The van der Waals surface area contributed by atoms with E-state index in [9.17, 15) is 0 Å². The molecule has 5 heteroatoms. The molecule has 2 nitrogen and oxygen atoms in total. The van der Waals surface area contributed by atoms with Crippen molar-refractivity contribution >= 4 is 38.7 Å². The molecule has 0 saturated carbocycles. The number of hydrogen-bond donors (Lipinski definition) is 0. The van der Waals surface area contributed by atoms with Gasteiger partial charge in [-0.3, -0.25) is 0 Å². The molecule has 2 rings (SSSR count). The molecule has 19 heavy (non-hydrogen) atoms. The molecule has 0 aliphatic rings. The number of halogens is 2. The van der Waals surface area contributed by atoms with Gasteiger partial charge in [0.15, 0.2) is 0 Å². The van der Waals surface area contributed by atoms with E-state index in [1.54, 1.807) is 0 Å². The molecule has 2 N–H and O–H groups in total. The molecule has 2 aromatic rings. The Balaban J connectivity index is 0.000000550. The molecular formula is C14H14I2N2Pt. The minimum Gasteiger partial charge on any atom is -0.672 e. The molecule has 0 saturated heterocycles. The second kappa shape index (κ2) is 10.3. The minimum absolute atomic E-state index is 0.523. The van der Waals surface area contributed by atoms with E-state index in [2.05, 4.69) is 38.7 Å². The molecule has 0 heterocycles. The zero-order valence-electron chi connectivity index (χ0n) is 10.0. The second-order valence-corrected chi connectivity index (χ2v) is 20.4. The first-order valence-electron chi connectivity index (χ1n) is 5.55. The van der Waals surface area contributed by atoms with Crippen molar-refractivity contribution in [3.05, 3.63) is 83.3 Å². The van der Waals surface area contributed by atoms with E-state index in [1.165, 1.54) is 0 Å². The van der Waals surface area contributed by atoms with Crippen LogP contribution in [0.5, 0.6) is 0 Å². The molecule has 0 bridgehead atoms. The Kier molecular flexibility index (Phi) is 9.49. The molecule has 0 aliphatic heterocycles. The zero-order chi connectivity index (χ0) is 14.1. The fourth-order valence-corrected chi connectivity index (χ4v) is 1.71. The van der Waals surface area contributed by atoms with E-state index in [0.29, 0.717) is 11.2 Å². The van der Waals surface area contributed by atoms with Crippen molar-refractivity contribution in [3.63, 3.8) is 0 Å². The van der Waals surface area contributed by atoms with Gasteiger partial charge in [-0.05, 0) is 0 Å². The third kappa shape index (κ3) is 6.21. The van der Waals surface area contributed by atoms with Crippen LogP contribution in [0.25, 0.3) is 11.5 Å². The Labute approximate surface area is 143 Å². The van der Waals surface area contributed by atoms with Gasteiger partial charge in [0.2, 0.25) is 0 Å². The zero-order valence-corrected chi connectivity index (χ0v) is 16.6. The summed E-state index contributed by atoms with van der Waals surface area (Å²) in [6.45, 7) is 0. The van der Waals surface area contributed by atoms with Gasteiger partial charge < -0.3 is 11.5 Å². The fourth-order valence-electron chi connectivity index (χ4n) is 1.71. The van der Waals surface area contributed by atoms with E-state index < -0.39 is 12.1 Å². The van der Waals surface area contributed by atoms with Crippen molar-refractivity contribution in [2.75, 3.05) is 0 Å². The third-order valence-electron chi connectivity index (χ3n) is 2.65. The van der Waals surface area contributed by atoms with Gasteiger partial charge in [0.1, 0.15) is 0 Å². The van der Waals surface area contributed by atoms with Crippen LogP contribution in [0.2, 0.25) is 0 Å². The van der Waals surface area contributed by atoms with Crippen molar-refractivity contribution in [3.8, 4) is 0 Å². The molecule has 0 amide bonds. The molecule has 2 aromatic carbocycles. The first-order valence-corrected chi connectivity index (χ1v) is 18.4. The number of hydrogen-bond acceptors (Lipinski definition) is 0. The van der Waals surface area contributed by atoms with Crippen molar-refractivity contribution in [2.45, 2.75) is 12.1 Å². The van der Waals surface area contributed by atoms with Gasteiger partial charge in [-0.25, -0.2) is 0 Å². The third-order valence-corrected chi connectivity index (χ3v) is 2.65. The Hall–Kier alpha value is 0.508. The van der Waals surface area contributed by atoms with E-state index in [1.807, 2.05) is 60.7 Å². The van der Waals surface area contributed by atoms with E-state index in [0.717, 1.165) is 11.1 Å². The van der Waals surface area contributed by atoms with Gasteiger partial charge in [-0.2, -0.15) is 0 Å². The molecule has 0 aliphatic carbocycles. The summed E-state index contributed by atoms with van der Waals surface area (Å²) < 4.78 is 0. The van der Waals surface area contributed by atoms with Crippen molar-refractivity contribution in [1.29, 1.82) is 0 Å². The van der Waals surface area contributed by atoms with Crippen LogP contribution in [0.4, 0.5) is 0 Å². The topological polar surface area (TPSA) is 47.6 Å². The van der Waals surface area contributed by atoms with E-state index >= 15 is 0 Å². The molecule has 0 spiro atoms. The Morgan fingerprint density at radius 3 is 1.21 bits per heavy atom. The molecular weight excluding hydrogens is 645 g/mol. The largest absolute Gasteiger partial charge is 0.672 e. The minimum atomic E-state index is -0.524. The number of nitrogens with one attached hydrogen (secondary N) is 2. The van der Waals surface area contributed by atoms with Crippen LogP contribution in [-0.2, 0) is 11.2 Å². The maximum atomic E-state index is 8.07. The van der Waals surface area contributed by atoms with Gasteiger partial charge in [-0.1, -0.05) is 71.8 Å². The van der Waals surface area contributed by atoms with Gasteiger partial charge in [-0.15, -0.1) is 12.1 Å². The molecule has 0 fully saturated rings. The quantitative estimate of drug-likeness (QED) is 0.346. The van der Waals surface area contributed by atoms with Crippen molar-refractivity contribution in [2.24, 2.45) is 0 Å². The standard InChI is InChI=1S/C14H14N2.2HI.Pt/c15-13(11-7-3-1-4-8-11)14(16)12-9-5-2-6-10-12;;;/h1-10,13-16H;2*1H;/q-2;;;+4/p-2. The first-order chi connectivity index (χ1) is 9.20. The van der Waals surface area contributed by atoms with E-state index in [-0.39, 0.29) is 0 Å². The SMILES string of the molecule is [I][Pt+2][I].[NH-]C(c1ccccc1)C([NH-])c1ccccc1. The maximum absolute atomic E-state index is 8.07. The summed E-state index contributed by atoms with van der Waals surface area (Å²) in [5, 5.41) is 0. The summed E-state index contributed by atoms with van der Waals surface area (Å²) in [7, 11) is 0.